The van der Waals surface area contributed by atoms with Crippen LogP contribution < -0.4 is 5.73 Å². The van der Waals surface area contributed by atoms with E-state index in [4.69, 9.17) is 22.5 Å². The summed E-state index contributed by atoms with van der Waals surface area (Å²) >= 11 is 7.74. The number of hydrogen-bond acceptors (Lipinski definition) is 3. The molecule has 94 valence electrons. The fourth-order valence-corrected chi connectivity index (χ4v) is 3.00. The Balaban J connectivity index is 2.88. The molecule has 3 nitrogen and oxygen atoms in total. The zero-order valence-electron chi connectivity index (χ0n) is 9.98. The molecule has 0 aliphatic carbocycles. The standard InChI is InChI=1S/C12H17ClN2OS/c1-8(2)6-7-17-10-5-3-4-9(13)11(10)12(14)15-16/h3-5,8,16H,6-7H2,1-2H3,(H2,14,15). The zero-order chi connectivity index (χ0) is 12.8. The third-order valence-electron chi connectivity index (χ3n) is 2.29. The second-order valence-corrected chi connectivity index (χ2v) is 5.67. The van der Waals surface area contributed by atoms with Crippen LogP contribution in [-0.2, 0) is 0 Å². The topological polar surface area (TPSA) is 58.6 Å². The van der Waals surface area contributed by atoms with Gasteiger partial charge in [-0.3, -0.25) is 0 Å². The largest absolute Gasteiger partial charge is 0.409 e. The Labute approximate surface area is 111 Å². The molecule has 0 atom stereocenters. The number of nitrogens with two attached hydrogens (primary N) is 1. The first-order valence-electron chi connectivity index (χ1n) is 5.45. The highest BCUT2D eigenvalue weighted by molar-refractivity contribution is 7.99. The molecule has 0 spiro atoms. The summed E-state index contributed by atoms with van der Waals surface area (Å²) < 4.78 is 0. The molecule has 1 rings (SSSR count). The van der Waals surface area contributed by atoms with E-state index in [0.717, 1.165) is 17.1 Å². The lowest BCUT2D eigenvalue weighted by Gasteiger charge is -2.10. The highest BCUT2D eigenvalue weighted by atomic mass is 35.5. The molecule has 3 N–H and O–H groups in total. The van der Waals surface area contributed by atoms with Crippen LogP contribution in [0.2, 0.25) is 5.02 Å². The molecule has 5 heteroatoms. The number of halogens is 1. The Morgan fingerprint density at radius 1 is 1.53 bits per heavy atom. The van der Waals surface area contributed by atoms with Gasteiger partial charge in [0.05, 0.1) is 10.6 Å². The van der Waals surface area contributed by atoms with Gasteiger partial charge >= 0.3 is 0 Å². The van der Waals surface area contributed by atoms with Crippen LogP contribution in [0.25, 0.3) is 0 Å². The van der Waals surface area contributed by atoms with Crippen molar-refractivity contribution in [1.82, 2.24) is 0 Å². The Morgan fingerprint density at radius 2 is 2.24 bits per heavy atom. The summed E-state index contributed by atoms with van der Waals surface area (Å²) in [6, 6.07) is 5.54. The third-order valence-corrected chi connectivity index (χ3v) is 3.70. The fourth-order valence-electron chi connectivity index (χ4n) is 1.33. The van der Waals surface area contributed by atoms with Crippen LogP contribution in [0.5, 0.6) is 0 Å². The molecule has 0 unspecified atom stereocenters. The molecule has 0 saturated heterocycles. The predicted molar refractivity (Wildman–Crippen MR) is 74.1 cm³/mol. The second kappa shape index (κ2) is 6.77. The van der Waals surface area contributed by atoms with E-state index in [1.165, 1.54) is 0 Å². The van der Waals surface area contributed by atoms with Gasteiger partial charge in [-0.1, -0.05) is 36.7 Å². The van der Waals surface area contributed by atoms with Gasteiger partial charge in [0.15, 0.2) is 5.84 Å². The highest BCUT2D eigenvalue weighted by Crippen LogP contribution is 2.29. The van der Waals surface area contributed by atoms with E-state index in [1.54, 1.807) is 17.8 Å². The minimum Gasteiger partial charge on any atom is -0.409 e. The van der Waals surface area contributed by atoms with Crippen molar-refractivity contribution >= 4 is 29.2 Å². The minimum atomic E-state index is 0.0580. The van der Waals surface area contributed by atoms with Crippen molar-refractivity contribution in [3.63, 3.8) is 0 Å². The number of thioether (sulfide) groups is 1. The van der Waals surface area contributed by atoms with Crippen LogP contribution in [0, 0.1) is 5.92 Å². The average molecular weight is 273 g/mol. The van der Waals surface area contributed by atoms with Gasteiger partial charge < -0.3 is 10.9 Å². The maximum Gasteiger partial charge on any atom is 0.172 e. The fraction of sp³-hybridized carbons (Fsp3) is 0.417. The van der Waals surface area contributed by atoms with Gasteiger partial charge in [0.25, 0.3) is 0 Å². The van der Waals surface area contributed by atoms with E-state index in [0.29, 0.717) is 16.5 Å². The molecule has 17 heavy (non-hydrogen) atoms. The van der Waals surface area contributed by atoms with E-state index in [-0.39, 0.29) is 5.84 Å². The monoisotopic (exact) mass is 272 g/mol. The van der Waals surface area contributed by atoms with Crippen LogP contribution in [-0.4, -0.2) is 16.8 Å². The van der Waals surface area contributed by atoms with Gasteiger partial charge in [-0.2, -0.15) is 0 Å². The van der Waals surface area contributed by atoms with E-state index >= 15 is 0 Å². The van der Waals surface area contributed by atoms with Gasteiger partial charge in [0.1, 0.15) is 0 Å². The summed E-state index contributed by atoms with van der Waals surface area (Å²) in [4.78, 5) is 0.952. The average Bonchev–Trinajstić information content (AvgIpc) is 2.28. The van der Waals surface area contributed by atoms with Crippen molar-refractivity contribution in [2.75, 3.05) is 5.75 Å². The summed E-state index contributed by atoms with van der Waals surface area (Å²) in [5, 5.41) is 12.3. The first-order chi connectivity index (χ1) is 8.06. The van der Waals surface area contributed by atoms with E-state index in [2.05, 4.69) is 19.0 Å². The van der Waals surface area contributed by atoms with Crippen molar-refractivity contribution in [1.29, 1.82) is 0 Å². The van der Waals surface area contributed by atoms with E-state index in [1.807, 2.05) is 12.1 Å². The molecule has 0 aromatic heterocycles. The Bertz CT molecular complexity index is 407. The molecule has 0 aliphatic heterocycles. The van der Waals surface area contributed by atoms with Gasteiger partial charge in [0.2, 0.25) is 0 Å². The maximum absolute atomic E-state index is 8.75. The molecule has 0 saturated carbocycles. The smallest absolute Gasteiger partial charge is 0.172 e. The lowest BCUT2D eigenvalue weighted by atomic mass is 10.2. The highest BCUT2D eigenvalue weighted by Gasteiger charge is 2.11. The molecule has 0 radical (unpaired) electrons. The van der Waals surface area contributed by atoms with Crippen LogP contribution in [0.15, 0.2) is 28.3 Å². The molecular formula is C12H17ClN2OS. The second-order valence-electron chi connectivity index (χ2n) is 4.13. The number of hydrogen-bond donors (Lipinski definition) is 2. The van der Waals surface area contributed by atoms with Crippen LogP contribution >= 0.6 is 23.4 Å². The summed E-state index contributed by atoms with van der Waals surface area (Å²) in [7, 11) is 0. The Morgan fingerprint density at radius 3 is 2.82 bits per heavy atom. The number of nitrogens with zero attached hydrogens (tertiary/aromatic N) is 1. The number of amidine groups is 1. The Kier molecular flexibility index (Phi) is 5.65. The maximum atomic E-state index is 8.75. The quantitative estimate of drug-likeness (QED) is 0.283. The first-order valence-corrected chi connectivity index (χ1v) is 6.81. The van der Waals surface area contributed by atoms with E-state index in [9.17, 15) is 0 Å². The summed E-state index contributed by atoms with van der Waals surface area (Å²) in [6.07, 6.45) is 1.12. The Hall–Kier alpha value is -0.870. The normalized spacial score (nSPS) is 12.1. The lowest BCUT2D eigenvalue weighted by Crippen LogP contribution is -2.15. The molecule has 0 amide bonds. The van der Waals surface area contributed by atoms with Crippen molar-refractivity contribution in [2.45, 2.75) is 25.2 Å². The van der Waals surface area contributed by atoms with Crippen molar-refractivity contribution in [3.05, 3.63) is 28.8 Å². The van der Waals surface area contributed by atoms with Gasteiger partial charge in [0, 0.05) is 4.90 Å². The minimum absolute atomic E-state index is 0.0580. The van der Waals surface area contributed by atoms with Crippen molar-refractivity contribution in [2.24, 2.45) is 16.8 Å². The lowest BCUT2D eigenvalue weighted by molar-refractivity contribution is 0.318. The predicted octanol–water partition coefficient (Wildman–Crippen LogP) is 3.57. The van der Waals surface area contributed by atoms with Crippen molar-refractivity contribution in [3.8, 4) is 0 Å². The van der Waals surface area contributed by atoms with Crippen LogP contribution in [0.1, 0.15) is 25.8 Å². The SMILES string of the molecule is CC(C)CCSc1cccc(Cl)c1/C(N)=N/O. The summed E-state index contributed by atoms with van der Waals surface area (Å²) in [5.74, 6) is 1.71. The van der Waals surface area contributed by atoms with Gasteiger partial charge in [-0.25, -0.2) is 0 Å². The summed E-state index contributed by atoms with van der Waals surface area (Å²) in [5.41, 5.74) is 6.25. The third kappa shape index (κ3) is 4.13. The molecule has 0 bridgehead atoms. The molecule has 1 aromatic rings. The summed E-state index contributed by atoms with van der Waals surface area (Å²) in [6.45, 7) is 4.37. The molecular weight excluding hydrogens is 256 g/mol. The number of oxime groups is 1. The van der Waals surface area contributed by atoms with Crippen LogP contribution in [0.4, 0.5) is 0 Å². The number of benzene rings is 1. The molecule has 0 fully saturated rings. The molecule has 0 heterocycles. The van der Waals surface area contributed by atoms with Gasteiger partial charge in [-0.15, -0.1) is 11.8 Å². The number of rotatable bonds is 5. The first kappa shape index (κ1) is 14.2. The van der Waals surface area contributed by atoms with E-state index < -0.39 is 0 Å². The van der Waals surface area contributed by atoms with Crippen molar-refractivity contribution < 1.29 is 5.21 Å². The zero-order valence-corrected chi connectivity index (χ0v) is 11.6. The van der Waals surface area contributed by atoms with Gasteiger partial charge in [-0.05, 0) is 30.2 Å². The van der Waals surface area contributed by atoms with Crippen LogP contribution in [0.3, 0.4) is 0 Å². The molecule has 0 aliphatic rings. The molecule has 1 aromatic carbocycles.